The van der Waals surface area contributed by atoms with Crippen LogP contribution in [0.15, 0.2) is 12.2 Å². The highest BCUT2D eigenvalue weighted by molar-refractivity contribution is 5.99. The zero-order valence-corrected chi connectivity index (χ0v) is 40.1. The standard InChI is InChI=1S/C43H68N10O17/c1-21(2)18-28(43(68)69)50-40(65)30-11-9-17-53(30)42(67)29(20-54)51-41(66)35(22(3)4)52-38(63)25(13-15-31(44)56)48-37(62)26(14-16-33(58)59)49-36(61)24(10-7-8-12-34(60)70-6)47-39(64)27(19-32(45)57)46-23(5)55/h8,12,21-22,24-30,35,54H,7,9-11,13-20H2,1-6H3,(H2,44,56)(H2,45,57)(H,46,55)(H,47,64)(H,48,62)(H,49,61)(H,50,65)(H,51,66)(H,52,63)(H,58,59)(H,68,69)/b12-8+/t24-,25-,26-,27-,28-,29-,30?,35-/m0/s1. The number of primary amides is 2. The van der Waals surface area contributed by atoms with Crippen molar-refractivity contribution in [3.8, 4) is 0 Å². The Kier molecular flexibility index (Phi) is 26.4. The minimum absolute atomic E-state index is 0.0322. The van der Waals surface area contributed by atoms with E-state index in [4.69, 9.17) is 11.5 Å². The van der Waals surface area contributed by atoms with E-state index in [0.29, 0.717) is 6.42 Å². The van der Waals surface area contributed by atoms with Gasteiger partial charge in [-0.1, -0.05) is 33.8 Å². The van der Waals surface area contributed by atoms with Crippen molar-refractivity contribution < 1.29 is 82.4 Å². The number of likely N-dealkylation sites (tertiary alicyclic amines) is 1. The maximum absolute atomic E-state index is 13.9. The first-order valence-corrected chi connectivity index (χ1v) is 22.5. The molecule has 0 aliphatic carbocycles. The lowest BCUT2D eigenvalue weighted by Gasteiger charge is -2.31. The van der Waals surface area contributed by atoms with E-state index in [2.05, 4.69) is 42.0 Å². The topological polar surface area (TPSA) is 431 Å². The molecule has 1 fully saturated rings. The molecule has 14 N–H and O–H groups in total. The molecular weight excluding hydrogens is 929 g/mol. The normalized spacial score (nSPS) is 16.3. The molecule has 0 aromatic carbocycles. The average Bonchev–Trinajstić information content (AvgIpc) is 3.77. The fraction of sp³-hybridized carbons (Fsp3) is 0.651. The monoisotopic (exact) mass is 996 g/mol. The minimum Gasteiger partial charge on any atom is -0.481 e. The second kappa shape index (κ2) is 30.3. The van der Waals surface area contributed by atoms with Gasteiger partial charge in [0, 0.05) is 32.4 Å². The van der Waals surface area contributed by atoms with Gasteiger partial charge in [-0.25, -0.2) is 9.59 Å². The summed E-state index contributed by atoms with van der Waals surface area (Å²) in [6.45, 7) is 6.65. The Balaban J connectivity index is 3.44. The van der Waals surface area contributed by atoms with Crippen molar-refractivity contribution in [3.63, 3.8) is 0 Å². The molecule has 392 valence electrons. The first kappa shape index (κ1) is 60.8. The van der Waals surface area contributed by atoms with Crippen LogP contribution in [0.4, 0.5) is 0 Å². The van der Waals surface area contributed by atoms with Crippen molar-refractivity contribution in [1.29, 1.82) is 0 Å². The first-order valence-electron chi connectivity index (χ1n) is 22.5. The number of carbonyl (C=O) groups excluding carboxylic acids is 11. The predicted molar refractivity (Wildman–Crippen MR) is 242 cm³/mol. The van der Waals surface area contributed by atoms with Crippen LogP contribution in [0.1, 0.15) is 98.8 Å². The molecule has 27 nitrogen and oxygen atoms in total. The second-order valence-corrected chi connectivity index (χ2v) is 17.2. The smallest absolute Gasteiger partial charge is 0.330 e. The van der Waals surface area contributed by atoms with Gasteiger partial charge in [-0.15, -0.1) is 0 Å². The maximum Gasteiger partial charge on any atom is 0.330 e. The van der Waals surface area contributed by atoms with Crippen LogP contribution in [0.5, 0.6) is 0 Å². The molecule has 1 heterocycles. The Morgan fingerprint density at radius 1 is 0.671 bits per heavy atom. The Hall–Kier alpha value is -7.19. The summed E-state index contributed by atoms with van der Waals surface area (Å²) in [6.07, 6.45) is -0.498. The molecule has 1 aliphatic rings. The van der Waals surface area contributed by atoms with Crippen molar-refractivity contribution in [1.82, 2.24) is 42.1 Å². The van der Waals surface area contributed by atoms with E-state index < -0.39 is 170 Å². The third kappa shape index (κ3) is 21.8. The molecule has 0 bridgehead atoms. The van der Waals surface area contributed by atoms with E-state index in [0.717, 1.165) is 25.0 Å². The summed E-state index contributed by atoms with van der Waals surface area (Å²) >= 11 is 0. The fourth-order valence-corrected chi connectivity index (χ4v) is 7.04. The molecular formula is C43H68N10O17. The van der Waals surface area contributed by atoms with Crippen molar-refractivity contribution in [2.45, 2.75) is 147 Å². The number of carbonyl (C=O) groups is 13. The van der Waals surface area contributed by atoms with Gasteiger partial charge in [0.05, 0.1) is 20.1 Å². The lowest BCUT2D eigenvalue weighted by molar-refractivity contribution is -0.145. The summed E-state index contributed by atoms with van der Waals surface area (Å²) in [5.41, 5.74) is 10.6. The molecule has 27 heteroatoms. The summed E-state index contributed by atoms with van der Waals surface area (Å²) in [7, 11) is 1.11. The summed E-state index contributed by atoms with van der Waals surface area (Å²) in [5, 5.41) is 45.8. The van der Waals surface area contributed by atoms with Crippen molar-refractivity contribution in [2.75, 3.05) is 20.3 Å². The molecule has 70 heavy (non-hydrogen) atoms. The number of aliphatic carboxylic acids is 2. The third-order valence-electron chi connectivity index (χ3n) is 10.6. The molecule has 1 aliphatic heterocycles. The molecule has 0 aromatic heterocycles. The minimum atomic E-state index is -1.77. The maximum atomic E-state index is 13.9. The highest BCUT2D eigenvalue weighted by Gasteiger charge is 2.40. The largest absolute Gasteiger partial charge is 0.481 e. The summed E-state index contributed by atoms with van der Waals surface area (Å²) < 4.78 is 4.53. The zero-order chi connectivity index (χ0) is 53.4. The number of aliphatic hydroxyl groups is 1. The number of amides is 10. The number of aliphatic hydroxyl groups excluding tert-OH is 1. The van der Waals surface area contributed by atoms with Gasteiger partial charge in [-0.2, -0.15) is 0 Å². The lowest BCUT2D eigenvalue weighted by Crippen LogP contribution is -2.61. The highest BCUT2D eigenvalue weighted by Crippen LogP contribution is 2.20. The average molecular weight is 997 g/mol. The van der Waals surface area contributed by atoms with Gasteiger partial charge in [0.1, 0.15) is 48.3 Å². The van der Waals surface area contributed by atoms with Gasteiger partial charge >= 0.3 is 17.9 Å². The molecule has 1 rings (SSSR count). The third-order valence-corrected chi connectivity index (χ3v) is 10.6. The van der Waals surface area contributed by atoms with Gasteiger partial charge in [-0.3, -0.25) is 52.7 Å². The second-order valence-electron chi connectivity index (χ2n) is 17.2. The van der Waals surface area contributed by atoms with E-state index >= 15 is 0 Å². The predicted octanol–water partition coefficient (Wildman–Crippen LogP) is -4.32. The number of nitrogens with zero attached hydrogens (tertiary/aromatic N) is 1. The molecule has 0 spiro atoms. The molecule has 1 unspecified atom stereocenters. The van der Waals surface area contributed by atoms with Gasteiger partial charge in [0.15, 0.2) is 0 Å². The number of methoxy groups -OCH3 is 1. The van der Waals surface area contributed by atoms with Crippen LogP contribution in [-0.2, 0) is 67.1 Å². The zero-order valence-electron chi connectivity index (χ0n) is 40.1. The van der Waals surface area contributed by atoms with E-state index in [1.165, 1.54) is 19.9 Å². The number of nitrogens with one attached hydrogen (secondary N) is 7. The molecule has 1 saturated heterocycles. The first-order chi connectivity index (χ1) is 32.7. The van der Waals surface area contributed by atoms with Crippen molar-refractivity contribution in [3.05, 3.63) is 12.2 Å². The Bertz CT molecular complexity index is 1940. The van der Waals surface area contributed by atoms with E-state index in [-0.39, 0.29) is 38.1 Å². The van der Waals surface area contributed by atoms with Crippen LogP contribution in [0.2, 0.25) is 0 Å². The molecule has 10 amide bonds. The number of ether oxygens (including phenoxy) is 1. The number of allylic oxidation sites excluding steroid dienone is 1. The highest BCUT2D eigenvalue weighted by atomic mass is 16.5. The number of carboxylic acids is 2. The summed E-state index contributed by atoms with van der Waals surface area (Å²) in [6, 6.07) is -12.1. The lowest BCUT2D eigenvalue weighted by atomic mass is 10.0. The number of rotatable bonds is 31. The van der Waals surface area contributed by atoms with Crippen LogP contribution in [0.3, 0.4) is 0 Å². The van der Waals surface area contributed by atoms with E-state index in [1.54, 1.807) is 13.8 Å². The van der Waals surface area contributed by atoms with Crippen LogP contribution in [0.25, 0.3) is 0 Å². The quantitative estimate of drug-likeness (QED) is 0.0231. The van der Waals surface area contributed by atoms with Crippen LogP contribution < -0.4 is 48.7 Å². The number of hydrogen-bond donors (Lipinski definition) is 12. The Morgan fingerprint density at radius 2 is 1.20 bits per heavy atom. The van der Waals surface area contributed by atoms with Crippen molar-refractivity contribution in [2.24, 2.45) is 23.3 Å². The SMILES string of the molecule is COC(=O)/C=C/CC[C@H](NC(=O)[C@H](CC(N)=O)NC(C)=O)C(=O)N[C@@H](CCC(=O)O)C(=O)N[C@@H](CCC(N)=O)C(=O)N[C@H](C(=O)N[C@@H](CO)C(=O)N1CCCC1C(=O)N[C@@H](CC(C)C)C(=O)O)C(C)C. The molecule has 0 radical (unpaired) electrons. The molecule has 8 atom stereocenters. The van der Waals surface area contributed by atoms with Gasteiger partial charge in [0.2, 0.25) is 59.1 Å². The van der Waals surface area contributed by atoms with E-state index in [1.807, 2.05) is 0 Å². The number of nitrogens with two attached hydrogens (primary N) is 2. The van der Waals surface area contributed by atoms with Gasteiger partial charge < -0.3 is 73.6 Å². The van der Waals surface area contributed by atoms with E-state index in [9.17, 15) is 77.6 Å². The molecule has 0 saturated carbocycles. The van der Waals surface area contributed by atoms with Gasteiger partial charge in [0.25, 0.3) is 0 Å². The van der Waals surface area contributed by atoms with Gasteiger partial charge in [-0.05, 0) is 56.8 Å². The Morgan fingerprint density at radius 3 is 1.67 bits per heavy atom. The van der Waals surface area contributed by atoms with Crippen LogP contribution in [0, 0.1) is 11.8 Å². The molecule has 0 aromatic rings. The number of hydrogen-bond acceptors (Lipinski definition) is 15. The summed E-state index contributed by atoms with van der Waals surface area (Å²) in [4.78, 5) is 167. The summed E-state index contributed by atoms with van der Waals surface area (Å²) in [5.74, 6) is -14.0. The Labute approximate surface area is 403 Å². The fourth-order valence-electron chi connectivity index (χ4n) is 7.04. The van der Waals surface area contributed by atoms with Crippen LogP contribution >= 0.6 is 0 Å². The van der Waals surface area contributed by atoms with Crippen molar-refractivity contribution >= 4 is 77.0 Å². The number of esters is 1. The number of carboxylic acid groups (broad SMARTS) is 2. The van der Waals surface area contributed by atoms with Crippen LogP contribution in [-0.4, -0.2) is 166 Å².